The van der Waals surface area contributed by atoms with Gasteiger partial charge in [-0.25, -0.2) is 0 Å². The highest BCUT2D eigenvalue weighted by molar-refractivity contribution is 4.96. The van der Waals surface area contributed by atoms with Gasteiger partial charge in [-0.15, -0.1) is 0 Å². The molecule has 0 radical (unpaired) electrons. The molecule has 0 amide bonds. The molecule has 6 atom stereocenters. The van der Waals surface area contributed by atoms with Gasteiger partial charge in [0.2, 0.25) is 0 Å². The van der Waals surface area contributed by atoms with E-state index in [2.05, 4.69) is 24.5 Å². The van der Waals surface area contributed by atoms with Gasteiger partial charge < -0.3 is 22.1 Å². The van der Waals surface area contributed by atoms with Crippen molar-refractivity contribution >= 4 is 0 Å². The van der Waals surface area contributed by atoms with Crippen molar-refractivity contribution < 1.29 is 0 Å². The summed E-state index contributed by atoms with van der Waals surface area (Å²) in [6.45, 7) is 6.51. The first-order valence-electron chi connectivity index (χ1n) is 6.56. The van der Waals surface area contributed by atoms with Crippen molar-refractivity contribution in [2.45, 2.75) is 50.9 Å². The van der Waals surface area contributed by atoms with Crippen LogP contribution >= 0.6 is 0 Å². The van der Waals surface area contributed by atoms with E-state index in [9.17, 15) is 0 Å². The second-order valence-electron chi connectivity index (χ2n) is 5.78. The molecule has 0 aliphatic carbocycles. The van der Waals surface area contributed by atoms with Crippen molar-refractivity contribution in [2.24, 2.45) is 23.3 Å². The molecule has 6 unspecified atom stereocenters. The summed E-state index contributed by atoms with van der Waals surface area (Å²) in [5, 5.41) is 7.21. The molecule has 2 fully saturated rings. The second kappa shape index (κ2) is 5.00. The van der Waals surface area contributed by atoms with E-state index in [0.717, 1.165) is 25.9 Å². The molecule has 2 rings (SSSR count). The van der Waals surface area contributed by atoms with Gasteiger partial charge in [-0.2, -0.15) is 0 Å². The molecule has 4 heteroatoms. The predicted molar refractivity (Wildman–Crippen MR) is 67.1 cm³/mol. The number of hydrogen-bond acceptors (Lipinski definition) is 4. The van der Waals surface area contributed by atoms with Gasteiger partial charge >= 0.3 is 0 Å². The maximum absolute atomic E-state index is 6.14. The fraction of sp³-hybridized carbons (Fsp3) is 1.00. The molecule has 2 saturated heterocycles. The Bertz CT molecular complexity index is 209. The summed E-state index contributed by atoms with van der Waals surface area (Å²) < 4.78 is 0. The number of piperidine rings is 2. The highest BCUT2D eigenvalue weighted by Gasteiger charge is 2.34. The van der Waals surface area contributed by atoms with Crippen LogP contribution in [0.15, 0.2) is 0 Å². The van der Waals surface area contributed by atoms with E-state index >= 15 is 0 Å². The molecule has 0 saturated carbocycles. The van der Waals surface area contributed by atoms with Gasteiger partial charge in [0.25, 0.3) is 0 Å². The third-order valence-electron chi connectivity index (χ3n) is 4.40. The van der Waals surface area contributed by atoms with Crippen LogP contribution in [0.4, 0.5) is 0 Å². The van der Waals surface area contributed by atoms with Gasteiger partial charge in [0, 0.05) is 24.2 Å². The molecular weight excluding hydrogens is 200 g/mol. The van der Waals surface area contributed by atoms with E-state index in [1.165, 1.54) is 0 Å². The first-order valence-corrected chi connectivity index (χ1v) is 6.56. The Balaban J connectivity index is 1.88. The monoisotopic (exact) mass is 226 g/mol. The van der Waals surface area contributed by atoms with Crippen LogP contribution in [0.1, 0.15) is 26.7 Å². The summed E-state index contributed by atoms with van der Waals surface area (Å²) in [5.41, 5.74) is 12.3. The van der Waals surface area contributed by atoms with Crippen molar-refractivity contribution in [1.29, 1.82) is 0 Å². The van der Waals surface area contributed by atoms with Crippen molar-refractivity contribution in [3.05, 3.63) is 0 Å². The van der Waals surface area contributed by atoms with Gasteiger partial charge in [-0.3, -0.25) is 0 Å². The van der Waals surface area contributed by atoms with Crippen LogP contribution < -0.4 is 22.1 Å². The van der Waals surface area contributed by atoms with Gasteiger partial charge in [0.1, 0.15) is 0 Å². The minimum atomic E-state index is 0.337. The average molecular weight is 226 g/mol. The van der Waals surface area contributed by atoms with Crippen LogP contribution in [0, 0.1) is 11.8 Å². The number of rotatable bonds is 1. The quantitative estimate of drug-likeness (QED) is 0.492. The van der Waals surface area contributed by atoms with Crippen molar-refractivity contribution in [3.63, 3.8) is 0 Å². The fourth-order valence-electron chi connectivity index (χ4n) is 2.81. The SMILES string of the molecule is CC1CNC(C2CC(N)C(C)CN2)CC1N. The van der Waals surface area contributed by atoms with Crippen molar-refractivity contribution in [3.8, 4) is 0 Å². The highest BCUT2D eigenvalue weighted by Crippen LogP contribution is 2.21. The Morgan fingerprint density at radius 2 is 1.19 bits per heavy atom. The summed E-state index contributed by atoms with van der Waals surface area (Å²) in [6, 6.07) is 1.68. The third kappa shape index (κ3) is 2.56. The molecule has 0 aromatic rings. The van der Waals surface area contributed by atoms with Crippen LogP contribution in [0.25, 0.3) is 0 Å². The Labute approximate surface area is 98.5 Å². The van der Waals surface area contributed by atoms with E-state index < -0.39 is 0 Å². The predicted octanol–water partition coefficient (Wildman–Crippen LogP) is -0.363. The fourth-order valence-corrected chi connectivity index (χ4v) is 2.81. The van der Waals surface area contributed by atoms with Gasteiger partial charge in [0.15, 0.2) is 0 Å². The molecule has 16 heavy (non-hydrogen) atoms. The minimum Gasteiger partial charge on any atom is -0.327 e. The lowest BCUT2D eigenvalue weighted by Crippen LogP contribution is -2.61. The summed E-state index contributed by atoms with van der Waals surface area (Å²) in [5.74, 6) is 1.18. The molecule has 94 valence electrons. The maximum Gasteiger partial charge on any atom is 0.0236 e. The van der Waals surface area contributed by atoms with Gasteiger partial charge in [-0.1, -0.05) is 13.8 Å². The lowest BCUT2D eigenvalue weighted by Gasteiger charge is -2.42. The maximum atomic E-state index is 6.14. The van der Waals surface area contributed by atoms with Crippen LogP contribution in [0.2, 0.25) is 0 Å². The summed E-state index contributed by atoms with van der Waals surface area (Å²) in [4.78, 5) is 0. The molecule has 2 aliphatic heterocycles. The Morgan fingerprint density at radius 1 is 0.812 bits per heavy atom. The zero-order valence-electron chi connectivity index (χ0n) is 10.4. The van der Waals surface area contributed by atoms with Gasteiger partial charge in [-0.05, 0) is 37.8 Å². The van der Waals surface area contributed by atoms with E-state index in [1.807, 2.05) is 0 Å². The normalized spacial score (nSPS) is 50.2. The smallest absolute Gasteiger partial charge is 0.0236 e. The zero-order valence-corrected chi connectivity index (χ0v) is 10.4. The highest BCUT2D eigenvalue weighted by atomic mass is 15.1. The zero-order chi connectivity index (χ0) is 11.7. The lowest BCUT2D eigenvalue weighted by atomic mass is 9.82. The van der Waals surface area contributed by atoms with E-state index in [-0.39, 0.29) is 0 Å². The standard InChI is InChI=1S/C12H26N4/c1-7-5-15-11(3-9(7)13)12-4-10(14)8(2)6-16-12/h7-12,15-16H,3-6,13-14H2,1-2H3. The Kier molecular flexibility index (Phi) is 3.85. The largest absolute Gasteiger partial charge is 0.327 e. The Hall–Kier alpha value is -0.160. The van der Waals surface area contributed by atoms with Gasteiger partial charge in [0.05, 0.1) is 0 Å². The van der Waals surface area contributed by atoms with Crippen LogP contribution in [0.3, 0.4) is 0 Å². The lowest BCUT2D eigenvalue weighted by molar-refractivity contribution is 0.191. The van der Waals surface area contributed by atoms with Crippen molar-refractivity contribution in [1.82, 2.24) is 10.6 Å². The molecule has 0 bridgehead atoms. The molecule has 0 spiro atoms. The first-order chi connectivity index (χ1) is 7.58. The van der Waals surface area contributed by atoms with Crippen molar-refractivity contribution in [2.75, 3.05) is 13.1 Å². The Morgan fingerprint density at radius 3 is 1.50 bits per heavy atom. The van der Waals surface area contributed by atoms with E-state index in [1.54, 1.807) is 0 Å². The van der Waals surface area contributed by atoms with E-state index in [4.69, 9.17) is 11.5 Å². The molecule has 0 aromatic carbocycles. The van der Waals surface area contributed by atoms with Crippen LogP contribution in [0.5, 0.6) is 0 Å². The second-order valence-corrected chi connectivity index (χ2v) is 5.78. The summed E-state index contributed by atoms with van der Waals surface area (Å²) in [7, 11) is 0. The number of nitrogens with two attached hydrogens (primary N) is 2. The minimum absolute atomic E-state index is 0.337. The first kappa shape index (κ1) is 12.3. The molecule has 2 heterocycles. The molecule has 0 aromatic heterocycles. The summed E-state index contributed by atoms with van der Waals surface area (Å²) in [6.07, 6.45) is 2.14. The number of hydrogen-bond donors (Lipinski definition) is 4. The topological polar surface area (TPSA) is 76.1 Å². The molecule has 4 nitrogen and oxygen atoms in total. The summed E-state index contributed by atoms with van der Waals surface area (Å²) >= 11 is 0. The van der Waals surface area contributed by atoms with Crippen LogP contribution in [-0.4, -0.2) is 37.3 Å². The molecule has 6 N–H and O–H groups in total. The average Bonchev–Trinajstić information content (AvgIpc) is 2.26. The van der Waals surface area contributed by atoms with E-state index in [0.29, 0.717) is 36.0 Å². The van der Waals surface area contributed by atoms with Crippen LogP contribution in [-0.2, 0) is 0 Å². The molecular formula is C12H26N4. The molecule has 2 aliphatic rings. The number of nitrogens with one attached hydrogen (secondary N) is 2. The third-order valence-corrected chi connectivity index (χ3v) is 4.40.